The molecule has 0 N–H and O–H groups in total. The summed E-state index contributed by atoms with van der Waals surface area (Å²) in [6.45, 7) is 3.88. The van der Waals surface area contributed by atoms with E-state index in [1.807, 2.05) is 6.92 Å². The molecular weight excluding hydrogens is 324 g/mol. The van der Waals surface area contributed by atoms with Crippen molar-refractivity contribution < 1.29 is 19.4 Å². The number of nitro benzene ring substituents is 2. The Morgan fingerprint density at radius 2 is 1.96 bits per heavy atom. The van der Waals surface area contributed by atoms with Crippen molar-refractivity contribution in [2.75, 3.05) is 12.4 Å². The van der Waals surface area contributed by atoms with Crippen LogP contribution >= 0.6 is 11.8 Å². The number of non-ortho nitro benzene ring substituents is 1. The number of hydrogen-bond donors (Lipinski definition) is 0. The number of nitro groups is 2. The molecule has 0 saturated carbocycles. The van der Waals surface area contributed by atoms with Gasteiger partial charge in [-0.15, -0.1) is 11.8 Å². The fourth-order valence-corrected chi connectivity index (χ4v) is 2.94. The summed E-state index contributed by atoms with van der Waals surface area (Å²) in [4.78, 5) is 32.5. The second-order valence-electron chi connectivity index (χ2n) is 4.64. The third-order valence-electron chi connectivity index (χ3n) is 2.95. The summed E-state index contributed by atoms with van der Waals surface area (Å²) >= 11 is 1.36. The maximum absolute atomic E-state index is 12.0. The molecule has 0 aliphatic carbocycles. The van der Waals surface area contributed by atoms with Crippen molar-refractivity contribution in [2.24, 2.45) is 0 Å². The van der Waals surface area contributed by atoms with Gasteiger partial charge < -0.3 is 4.74 Å². The Hall–Kier alpha value is -2.16. The highest BCUT2D eigenvalue weighted by molar-refractivity contribution is 8.00. The van der Waals surface area contributed by atoms with Crippen LogP contribution in [0.15, 0.2) is 18.2 Å². The molecule has 0 spiro atoms. The molecular formula is C14H18N2O6S. The average molecular weight is 342 g/mol. The molecule has 0 amide bonds. The molecule has 126 valence electrons. The highest BCUT2D eigenvalue weighted by Crippen LogP contribution is 2.28. The molecule has 0 fully saturated rings. The van der Waals surface area contributed by atoms with Crippen molar-refractivity contribution >= 4 is 29.1 Å². The summed E-state index contributed by atoms with van der Waals surface area (Å²) in [6, 6.07) is 3.45. The zero-order valence-electron chi connectivity index (χ0n) is 12.9. The van der Waals surface area contributed by atoms with Gasteiger partial charge >= 0.3 is 5.97 Å². The first kappa shape index (κ1) is 18.9. The van der Waals surface area contributed by atoms with Crippen molar-refractivity contribution in [3.8, 4) is 0 Å². The summed E-state index contributed by atoms with van der Waals surface area (Å²) in [5.74, 6) is 0.281. The van der Waals surface area contributed by atoms with E-state index in [0.717, 1.165) is 12.5 Å². The molecule has 0 bridgehead atoms. The third-order valence-corrected chi connectivity index (χ3v) is 4.36. The maximum Gasteiger partial charge on any atom is 0.319 e. The first-order valence-corrected chi connectivity index (χ1v) is 8.15. The predicted molar refractivity (Wildman–Crippen MR) is 86.6 cm³/mol. The lowest BCUT2D eigenvalue weighted by molar-refractivity contribution is -0.394. The van der Waals surface area contributed by atoms with Crippen molar-refractivity contribution in [2.45, 2.75) is 31.9 Å². The van der Waals surface area contributed by atoms with Crippen LogP contribution in [0.3, 0.4) is 0 Å². The Morgan fingerprint density at radius 1 is 1.26 bits per heavy atom. The van der Waals surface area contributed by atoms with E-state index in [2.05, 4.69) is 0 Å². The van der Waals surface area contributed by atoms with Gasteiger partial charge in [-0.05, 0) is 25.2 Å². The van der Waals surface area contributed by atoms with E-state index in [1.54, 1.807) is 6.92 Å². The lowest BCUT2D eigenvalue weighted by Crippen LogP contribution is -2.23. The number of rotatable bonds is 9. The summed E-state index contributed by atoms with van der Waals surface area (Å²) in [6.07, 6.45) is 0.945. The van der Waals surface area contributed by atoms with Gasteiger partial charge in [0.1, 0.15) is 5.25 Å². The number of thioether (sulfide) groups is 1. The Balaban J connectivity index is 3.08. The van der Waals surface area contributed by atoms with Gasteiger partial charge in [-0.3, -0.25) is 25.0 Å². The zero-order valence-corrected chi connectivity index (χ0v) is 13.7. The number of esters is 1. The normalized spacial score (nSPS) is 11.7. The Labute approximate surface area is 137 Å². The molecule has 1 unspecified atom stereocenters. The maximum atomic E-state index is 12.0. The third kappa shape index (κ3) is 5.51. The Morgan fingerprint density at radius 3 is 2.48 bits per heavy atom. The van der Waals surface area contributed by atoms with Crippen LogP contribution in [0.1, 0.15) is 25.8 Å². The van der Waals surface area contributed by atoms with Crippen molar-refractivity contribution in [3.63, 3.8) is 0 Å². The first-order chi connectivity index (χ1) is 10.9. The number of benzene rings is 1. The van der Waals surface area contributed by atoms with Crippen molar-refractivity contribution in [1.82, 2.24) is 0 Å². The van der Waals surface area contributed by atoms with Gasteiger partial charge in [-0.1, -0.05) is 6.92 Å². The number of carbonyl (C=O) groups excluding carboxylic acids is 1. The highest BCUT2D eigenvalue weighted by Gasteiger charge is 2.26. The minimum absolute atomic E-state index is 0.0950. The van der Waals surface area contributed by atoms with Crippen LogP contribution in [0.4, 0.5) is 11.4 Å². The number of ether oxygens (including phenoxy) is 1. The molecule has 0 heterocycles. The molecule has 0 aliphatic rings. The van der Waals surface area contributed by atoms with Crippen molar-refractivity contribution in [1.29, 1.82) is 0 Å². The van der Waals surface area contributed by atoms with Gasteiger partial charge in [0, 0.05) is 18.1 Å². The van der Waals surface area contributed by atoms with Crippen LogP contribution in [0.25, 0.3) is 0 Å². The van der Waals surface area contributed by atoms with E-state index in [0.29, 0.717) is 5.75 Å². The SMILES string of the molecule is CCCSC(Cc1ccc([N+](=O)[O-])cc1[N+](=O)[O-])C(=O)OCC. The van der Waals surface area contributed by atoms with E-state index in [9.17, 15) is 25.0 Å². The van der Waals surface area contributed by atoms with Crippen LogP contribution in [0, 0.1) is 20.2 Å². The summed E-state index contributed by atoms with van der Waals surface area (Å²) in [7, 11) is 0. The fourth-order valence-electron chi connectivity index (χ4n) is 1.91. The van der Waals surface area contributed by atoms with Gasteiger partial charge in [0.2, 0.25) is 0 Å². The number of carbonyl (C=O) groups is 1. The van der Waals surface area contributed by atoms with Crippen molar-refractivity contribution in [3.05, 3.63) is 44.0 Å². The lowest BCUT2D eigenvalue weighted by Gasteiger charge is -2.15. The van der Waals surface area contributed by atoms with Crippen LogP contribution in [0.5, 0.6) is 0 Å². The zero-order chi connectivity index (χ0) is 17.4. The van der Waals surface area contributed by atoms with Gasteiger partial charge in [0.05, 0.1) is 22.5 Å². The smallest absolute Gasteiger partial charge is 0.319 e. The standard InChI is InChI=1S/C14H18N2O6S/c1-3-7-23-13(14(17)22-4-2)8-10-5-6-11(15(18)19)9-12(10)16(20)21/h5-6,9,13H,3-4,7-8H2,1-2H3. The molecule has 8 nitrogen and oxygen atoms in total. The van der Waals surface area contributed by atoms with Gasteiger partial charge in [-0.25, -0.2) is 0 Å². The van der Waals surface area contributed by atoms with E-state index in [4.69, 9.17) is 4.74 Å². The lowest BCUT2D eigenvalue weighted by atomic mass is 10.1. The monoisotopic (exact) mass is 342 g/mol. The van der Waals surface area contributed by atoms with Gasteiger partial charge in [-0.2, -0.15) is 0 Å². The fraction of sp³-hybridized carbons (Fsp3) is 0.500. The highest BCUT2D eigenvalue weighted by atomic mass is 32.2. The second kappa shape index (κ2) is 9.09. The number of nitrogens with zero attached hydrogens (tertiary/aromatic N) is 2. The molecule has 23 heavy (non-hydrogen) atoms. The van der Waals surface area contributed by atoms with E-state index >= 15 is 0 Å². The minimum atomic E-state index is -0.689. The molecule has 0 radical (unpaired) electrons. The van der Waals surface area contributed by atoms with Gasteiger partial charge in [0.15, 0.2) is 0 Å². The van der Waals surface area contributed by atoms with Gasteiger partial charge in [0.25, 0.3) is 11.4 Å². The molecule has 1 rings (SSSR count). The topological polar surface area (TPSA) is 113 Å². The molecule has 1 atom stereocenters. The Kier molecular flexibility index (Phi) is 7.46. The molecule has 1 aromatic carbocycles. The minimum Gasteiger partial charge on any atom is -0.465 e. The molecule has 9 heteroatoms. The Bertz CT molecular complexity index is 593. The average Bonchev–Trinajstić information content (AvgIpc) is 2.51. The number of hydrogen-bond acceptors (Lipinski definition) is 7. The van der Waals surface area contributed by atoms with Crippen LogP contribution < -0.4 is 0 Å². The van der Waals surface area contributed by atoms with Crippen LogP contribution in [-0.2, 0) is 16.0 Å². The summed E-state index contributed by atoms with van der Waals surface area (Å²) < 4.78 is 5.00. The largest absolute Gasteiger partial charge is 0.465 e. The van der Waals surface area contributed by atoms with Crippen LogP contribution in [0.2, 0.25) is 0 Å². The molecule has 0 aliphatic heterocycles. The molecule has 0 aromatic heterocycles. The predicted octanol–water partition coefficient (Wildman–Crippen LogP) is 3.12. The molecule has 0 saturated heterocycles. The first-order valence-electron chi connectivity index (χ1n) is 7.10. The second-order valence-corrected chi connectivity index (χ2v) is 5.95. The van der Waals surface area contributed by atoms with E-state index in [1.165, 1.54) is 23.9 Å². The van der Waals surface area contributed by atoms with Crippen LogP contribution in [-0.4, -0.2) is 33.4 Å². The van der Waals surface area contributed by atoms with E-state index in [-0.39, 0.29) is 30.0 Å². The summed E-state index contributed by atoms with van der Waals surface area (Å²) in [5, 5.41) is 21.3. The van der Waals surface area contributed by atoms with E-state index < -0.39 is 21.1 Å². The quantitative estimate of drug-likeness (QED) is 0.385. The molecule has 1 aromatic rings. The summed E-state index contributed by atoms with van der Waals surface area (Å²) in [5.41, 5.74) is -0.429.